The first-order chi connectivity index (χ1) is 15.6. The van der Waals surface area contributed by atoms with Crippen LogP contribution < -0.4 is 4.74 Å². The average molecular weight is 432 g/mol. The fourth-order valence-corrected chi connectivity index (χ4v) is 5.02. The second kappa shape index (κ2) is 8.65. The molecule has 0 spiro atoms. The van der Waals surface area contributed by atoms with Crippen molar-refractivity contribution in [3.8, 4) is 17.3 Å². The minimum Gasteiger partial charge on any atom is -0.477 e. The number of benzene rings is 1. The predicted molar refractivity (Wildman–Crippen MR) is 118 cm³/mol. The predicted octanol–water partition coefficient (Wildman–Crippen LogP) is 4.45. The van der Waals surface area contributed by atoms with Crippen molar-refractivity contribution in [2.45, 2.75) is 44.7 Å². The molecule has 164 valence electrons. The van der Waals surface area contributed by atoms with Crippen LogP contribution in [0, 0.1) is 18.7 Å². The Kier molecular flexibility index (Phi) is 5.55. The summed E-state index contributed by atoms with van der Waals surface area (Å²) in [5.41, 5.74) is 2.43. The van der Waals surface area contributed by atoms with Crippen LogP contribution in [-0.4, -0.2) is 44.4 Å². The third kappa shape index (κ3) is 3.95. The van der Waals surface area contributed by atoms with Crippen molar-refractivity contribution < 1.29 is 13.9 Å². The second-order valence-electron chi connectivity index (χ2n) is 8.60. The van der Waals surface area contributed by atoms with E-state index < -0.39 is 0 Å². The summed E-state index contributed by atoms with van der Waals surface area (Å²) in [5.74, 6) is 0.829. The number of fused-ring (bicyclic) bond motifs is 2. The molecule has 0 unspecified atom stereocenters. The molecule has 7 heteroatoms. The molecule has 2 bridgehead atoms. The van der Waals surface area contributed by atoms with Gasteiger partial charge in [0.05, 0.1) is 18.4 Å². The summed E-state index contributed by atoms with van der Waals surface area (Å²) in [6.45, 7) is 2.45. The number of rotatable bonds is 5. The SMILES string of the molecule is Cc1ccc(-c2ncccn2)c(C(=O)N2[C@H]3CC[C@@H](COc4ccc(F)cn4)[C@@H]2CC3)c1. The van der Waals surface area contributed by atoms with Gasteiger partial charge in [-0.1, -0.05) is 17.7 Å². The Labute approximate surface area is 186 Å². The number of hydrogen-bond acceptors (Lipinski definition) is 5. The quantitative estimate of drug-likeness (QED) is 0.596. The van der Waals surface area contributed by atoms with Gasteiger partial charge in [-0.05, 0) is 50.8 Å². The number of carbonyl (C=O) groups is 1. The molecule has 4 heterocycles. The van der Waals surface area contributed by atoms with E-state index in [1.54, 1.807) is 18.5 Å². The second-order valence-corrected chi connectivity index (χ2v) is 8.60. The van der Waals surface area contributed by atoms with E-state index in [4.69, 9.17) is 4.74 Å². The van der Waals surface area contributed by atoms with E-state index in [0.29, 0.717) is 23.9 Å². The van der Waals surface area contributed by atoms with Crippen molar-refractivity contribution in [1.29, 1.82) is 0 Å². The maximum Gasteiger partial charge on any atom is 0.255 e. The number of amides is 1. The van der Waals surface area contributed by atoms with Gasteiger partial charge in [-0.15, -0.1) is 0 Å². The Morgan fingerprint density at radius 3 is 2.69 bits per heavy atom. The van der Waals surface area contributed by atoms with Crippen LogP contribution in [0.2, 0.25) is 0 Å². The summed E-state index contributed by atoms with van der Waals surface area (Å²) < 4.78 is 19.0. The zero-order chi connectivity index (χ0) is 22.1. The molecule has 2 saturated heterocycles. The highest BCUT2D eigenvalue weighted by atomic mass is 19.1. The number of ether oxygens (including phenoxy) is 1. The number of pyridine rings is 1. The largest absolute Gasteiger partial charge is 0.477 e. The van der Waals surface area contributed by atoms with Crippen molar-refractivity contribution in [2.24, 2.45) is 5.92 Å². The van der Waals surface area contributed by atoms with Crippen LogP contribution in [0.25, 0.3) is 11.4 Å². The van der Waals surface area contributed by atoms with E-state index in [1.807, 2.05) is 25.1 Å². The molecule has 5 rings (SSSR count). The van der Waals surface area contributed by atoms with Crippen molar-refractivity contribution in [3.05, 3.63) is 71.9 Å². The van der Waals surface area contributed by atoms with Gasteiger partial charge < -0.3 is 9.64 Å². The number of halogens is 1. The van der Waals surface area contributed by atoms with Crippen LogP contribution in [-0.2, 0) is 0 Å². The normalized spacial score (nSPS) is 22.1. The van der Waals surface area contributed by atoms with Crippen LogP contribution in [0.5, 0.6) is 5.88 Å². The van der Waals surface area contributed by atoms with Gasteiger partial charge in [0, 0.05) is 42.0 Å². The zero-order valence-corrected chi connectivity index (χ0v) is 17.9. The van der Waals surface area contributed by atoms with Crippen LogP contribution in [0.4, 0.5) is 4.39 Å². The first-order valence-electron chi connectivity index (χ1n) is 11.0. The number of nitrogens with zero attached hydrogens (tertiary/aromatic N) is 4. The first-order valence-corrected chi connectivity index (χ1v) is 11.0. The number of aryl methyl sites for hydroxylation is 1. The third-order valence-corrected chi connectivity index (χ3v) is 6.55. The standard InChI is InChI=1S/C25H25FN4O2/c1-16-3-8-20(24-27-11-2-12-28-24)21(13-16)25(31)30-19-6-4-17(22(30)9-7-19)15-32-23-10-5-18(26)14-29-23/h2-3,5,8,10-14,17,19,22H,4,6-7,9,15H2,1H3/t17-,19-,22-/m0/s1. The summed E-state index contributed by atoms with van der Waals surface area (Å²) in [5, 5.41) is 0. The lowest BCUT2D eigenvalue weighted by Gasteiger charge is -2.40. The summed E-state index contributed by atoms with van der Waals surface area (Å²) in [6, 6.07) is 10.9. The van der Waals surface area contributed by atoms with E-state index in [0.717, 1.165) is 43.0 Å². The minimum absolute atomic E-state index is 0.0354. The monoisotopic (exact) mass is 432 g/mol. The molecule has 1 aromatic carbocycles. The molecule has 0 aliphatic carbocycles. The lowest BCUT2D eigenvalue weighted by Crippen LogP contribution is -2.49. The topological polar surface area (TPSA) is 68.2 Å². The lowest BCUT2D eigenvalue weighted by atomic mass is 9.89. The van der Waals surface area contributed by atoms with E-state index in [2.05, 4.69) is 19.9 Å². The minimum atomic E-state index is -0.387. The molecule has 2 fully saturated rings. The highest BCUT2D eigenvalue weighted by Crippen LogP contribution is 2.41. The molecule has 32 heavy (non-hydrogen) atoms. The lowest BCUT2D eigenvalue weighted by molar-refractivity contribution is 0.0403. The van der Waals surface area contributed by atoms with Crippen molar-refractivity contribution in [3.63, 3.8) is 0 Å². The molecule has 2 aliphatic heterocycles. The highest BCUT2D eigenvalue weighted by molar-refractivity contribution is 6.01. The van der Waals surface area contributed by atoms with E-state index >= 15 is 0 Å². The molecule has 0 radical (unpaired) electrons. The van der Waals surface area contributed by atoms with Crippen molar-refractivity contribution >= 4 is 5.91 Å². The van der Waals surface area contributed by atoms with Gasteiger partial charge in [-0.25, -0.2) is 19.3 Å². The number of piperidine rings is 1. The Morgan fingerprint density at radius 2 is 1.91 bits per heavy atom. The van der Waals surface area contributed by atoms with Gasteiger partial charge in [-0.3, -0.25) is 4.79 Å². The Bertz CT molecular complexity index is 1110. The van der Waals surface area contributed by atoms with Gasteiger partial charge in [0.25, 0.3) is 5.91 Å². The van der Waals surface area contributed by atoms with Crippen LogP contribution >= 0.6 is 0 Å². The van der Waals surface area contributed by atoms with Crippen LogP contribution in [0.1, 0.15) is 41.6 Å². The van der Waals surface area contributed by atoms with Gasteiger partial charge in [-0.2, -0.15) is 0 Å². The zero-order valence-electron chi connectivity index (χ0n) is 17.9. The van der Waals surface area contributed by atoms with Crippen molar-refractivity contribution in [2.75, 3.05) is 6.61 Å². The molecule has 0 saturated carbocycles. The molecule has 2 aliphatic rings. The maximum atomic E-state index is 13.8. The van der Waals surface area contributed by atoms with E-state index in [-0.39, 0.29) is 29.7 Å². The van der Waals surface area contributed by atoms with Crippen molar-refractivity contribution in [1.82, 2.24) is 19.9 Å². The fourth-order valence-electron chi connectivity index (χ4n) is 5.02. The molecule has 0 N–H and O–H groups in total. The van der Waals surface area contributed by atoms with Gasteiger partial charge in [0.15, 0.2) is 5.82 Å². The smallest absolute Gasteiger partial charge is 0.255 e. The number of carbonyl (C=O) groups excluding carboxylic acids is 1. The van der Waals surface area contributed by atoms with Gasteiger partial charge >= 0.3 is 0 Å². The molecular weight excluding hydrogens is 407 g/mol. The Hall–Kier alpha value is -3.35. The Balaban J connectivity index is 1.39. The molecule has 3 aromatic rings. The Morgan fingerprint density at radius 1 is 1.09 bits per heavy atom. The molecule has 6 nitrogen and oxygen atoms in total. The summed E-state index contributed by atoms with van der Waals surface area (Å²) in [6.07, 6.45) is 8.46. The molecule has 1 amide bonds. The van der Waals surface area contributed by atoms with E-state index in [9.17, 15) is 9.18 Å². The van der Waals surface area contributed by atoms with Gasteiger partial charge in [0.1, 0.15) is 5.82 Å². The maximum absolute atomic E-state index is 13.8. The molecular formula is C25H25FN4O2. The van der Waals surface area contributed by atoms with E-state index in [1.165, 1.54) is 12.1 Å². The molecule has 3 atom stereocenters. The third-order valence-electron chi connectivity index (χ3n) is 6.55. The summed E-state index contributed by atoms with van der Waals surface area (Å²) >= 11 is 0. The summed E-state index contributed by atoms with van der Waals surface area (Å²) in [7, 11) is 0. The highest BCUT2D eigenvalue weighted by Gasteiger charge is 2.45. The van der Waals surface area contributed by atoms with Gasteiger partial charge in [0.2, 0.25) is 5.88 Å². The summed E-state index contributed by atoms with van der Waals surface area (Å²) in [4.78, 5) is 28.6. The van der Waals surface area contributed by atoms with Crippen LogP contribution in [0.15, 0.2) is 55.0 Å². The molecule has 2 aromatic heterocycles. The average Bonchev–Trinajstić information content (AvgIpc) is 3.13. The fraction of sp³-hybridized carbons (Fsp3) is 0.360. The number of hydrogen-bond donors (Lipinski definition) is 0. The number of aromatic nitrogens is 3. The first kappa shape index (κ1) is 20.5. The van der Waals surface area contributed by atoms with Crippen LogP contribution in [0.3, 0.4) is 0 Å².